The van der Waals surface area contributed by atoms with Gasteiger partial charge < -0.3 is 5.32 Å². The third kappa shape index (κ3) is 3.60. The first kappa shape index (κ1) is 14.5. The number of hydrogen-bond acceptors (Lipinski definition) is 3. The fourth-order valence-electron chi connectivity index (χ4n) is 3.35. The molecule has 1 aliphatic heterocycles. The molecule has 0 amide bonds. The summed E-state index contributed by atoms with van der Waals surface area (Å²) in [5.74, 6) is 0.921. The van der Waals surface area contributed by atoms with Crippen LogP contribution in [-0.4, -0.2) is 35.1 Å². The minimum atomic E-state index is 0.662. The van der Waals surface area contributed by atoms with Crippen molar-refractivity contribution in [3.63, 3.8) is 0 Å². The molecule has 20 heavy (non-hydrogen) atoms. The van der Waals surface area contributed by atoms with Gasteiger partial charge in [0.25, 0.3) is 0 Å². The summed E-state index contributed by atoms with van der Waals surface area (Å²) in [7, 11) is 0. The molecule has 2 fully saturated rings. The van der Waals surface area contributed by atoms with Crippen molar-refractivity contribution in [1.82, 2.24) is 15.2 Å². The average molecular weight is 338 g/mol. The minimum absolute atomic E-state index is 0.662. The molecular weight excluding hydrogens is 314 g/mol. The van der Waals surface area contributed by atoms with Crippen LogP contribution in [0.1, 0.15) is 38.2 Å². The Morgan fingerprint density at radius 2 is 2.25 bits per heavy atom. The number of halogens is 1. The number of nitrogens with zero attached hydrogens (tertiary/aromatic N) is 2. The maximum atomic E-state index is 4.30. The standard InChI is InChI=1S/C16H24BrN3/c1-2-3-15-11-20(16(9-19-15)13-4-5-13)10-12-6-14(17)8-18-7-12/h6-8,13,15-16,19H,2-5,9-11H2,1H3. The van der Waals surface area contributed by atoms with Crippen molar-refractivity contribution in [3.05, 3.63) is 28.5 Å². The predicted molar refractivity (Wildman–Crippen MR) is 85.6 cm³/mol. The van der Waals surface area contributed by atoms with Gasteiger partial charge in [-0.1, -0.05) is 13.3 Å². The quantitative estimate of drug-likeness (QED) is 0.894. The SMILES string of the molecule is CCCC1CN(Cc2cncc(Br)c2)C(C2CC2)CN1. The minimum Gasteiger partial charge on any atom is -0.311 e. The maximum absolute atomic E-state index is 4.30. The number of pyridine rings is 1. The van der Waals surface area contributed by atoms with Crippen molar-refractivity contribution >= 4 is 15.9 Å². The first-order valence-corrected chi connectivity index (χ1v) is 8.62. The molecule has 1 N–H and O–H groups in total. The summed E-state index contributed by atoms with van der Waals surface area (Å²) in [6.07, 6.45) is 9.24. The molecule has 4 heteroatoms. The van der Waals surface area contributed by atoms with Gasteiger partial charge in [0.15, 0.2) is 0 Å². The van der Waals surface area contributed by atoms with E-state index in [2.05, 4.69) is 44.1 Å². The predicted octanol–water partition coefficient (Wildman–Crippen LogP) is 3.20. The Labute approximate surface area is 130 Å². The van der Waals surface area contributed by atoms with Crippen LogP contribution in [0.5, 0.6) is 0 Å². The molecule has 2 atom stereocenters. The van der Waals surface area contributed by atoms with Crippen molar-refractivity contribution in [1.29, 1.82) is 0 Å². The fourth-order valence-corrected chi connectivity index (χ4v) is 3.76. The van der Waals surface area contributed by atoms with Crippen LogP contribution in [0.15, 0.2) is 22.9 Å². The molecule has 1 aliphatic carbocycles. The van der Waals surface area contributed by atoms with Crippen LogP contribution in [0.2, 0.25) is 0 Å². The fraction of sp³-hybridized carbons (Fsp3) is 0.688. The largest absolute Gasteiger partial charge is 0.311 e. The molecule has 3 rings (SSSR count). The van der Waals surface area contributed by atoms with E-state index in [0.717, 1.165) is 29.5 Å². The van der Waals surface area contributed by atoms with E-state index in [1.807, 2.05) is 12.4 Å². The van der Waals surface area contributed by atoms with E-state index in [4.69, 9.17) is 0 Å². The van der Waals surface area contributed by atoms with Crippen molar-refractivity contribution < 1.29 is 0 Å². The van der Waals surface area contributed by atoms with Crippen molar-refractivity contribution in [2.24, 2.45) is 5.92 Å². The van der Waals surface area contributed by atoms with Gasteiger partial charge in [-0.25, -0.2) is 0 Å². The first-order valence-electron chi connectivity index (χ1n) is 7.83. The van der Waals surface area contributed by atoms with E-state index < -0.39 is 0 Å². The second-order valence-corrected chi connectivity index (χ2v) is 7.16. The first-order chi connectivity index (χ1) is 9.76. The molecule has 2 aliphatic rings. The summed E-state index contributed by atoms with van der Waals surface area (Å²) in [6, 6.07) is 3.59. The highest BCUT2D eigenvalue weighted by Crippen LogP contribution is 2.37. The Hall–Kier alpha value is -0.450. The second-order valence-electron chi connectivity index (χ2n) is 6.24. The van der Waals surface area contributed by atoms with Gasteiger partial charge in [-0.05, 0) is 52.7 Å². The van der Waals surface area contributed by atoms with Gasteiger partial charge in [-0.3, -0.25) is 9.88 Å². The van der Waals surface area contributed by atoms with Gasteiger partial charge in [0.2, 0.25) is 0 Å². The van der Waals surface area contributed by atoms with E-state index in [9.17, 15) is 0 Å². The maximum Gasteiger partial charge on any atom is 0.0410 e. The highest BCUT2D eigenvalue weighted by molar-refractivity contribution is 9.10. The molecule has 1 aromatic rings. The summed E-state index contributed by atoms with van der Waals surface area (Å²) < 4.78 is 1.08. The Bertz CT molecular complexity index is 447. The Morgan fingerprint density at radius 3 is 2.95 bits per heavy atom. The molecule has 2 heterocycles. The van der Waals surface area contributed by atoms with Gasteiger partial charge in [0.05, 0.1) is 0 Å². The summed E-state index contributed by atoms with van der Waals surface area (Å²) in [5, 5.41) is 3.75. The lowest BCUT2D eigenvalue weighted by Crippen LogP contribution is -2.56. The van der Waals surface area contributed by atoms with E-state index >= 15 is 0 Å². The zero-order valence-electron chi connectivity index (χ0n) is 12.2. The normalized spacial score (nSPS) is 27.7. The molecule has 2 unspecified atom stereocenters. The molecule has 0 aromatic carbocycles. The second kappa shape index (κ2) is 6.54. The lowest BCUT2D eigenvalue weighted by atomic mass is 10.0. The highest BCUT2D eigenvalue weighted by Gasteiger charge is 2.38. The Kier molecular flexibility index (Phi) is 4.74. The van der Waals surface area contributed by atoms with Crippen LogP contribution >= 0.6 is 15.9 Å². The lowest BCUT2D eigenvalue weighted by molar-refractivity contribution is 0.104. The summed E-state index contributed by atoms with van der Waals surface area (Å²) in [5.41, 5.74) is 1.32. The van der Waals surface area contributed by atoms with E-state index in [0.29, 0.717) is 6.04 Å². The molecule has 0 radical (unpaired) electrons. The van der Waals surface area contributed by atoms with Gasteiger partial charge in [0.1, 0.15) is 0 Å². The van der Waals surface area contributed by atoms with Crippen LogP contribution in [0.25, 0.3) is 0 Å². The zero-order valence-corrected chi connectivity index (χ0v) is 13.8. The van der Waals surface area contributed by atoms with E-state index in [1.54, 1.807) is 0 Å². The van der Waals surface area contributed by atoms with Gasteiger partial charge in [0, 0.05) is 48.6 Å². The molecule has 1 saturated heterocycles. The number of nitrogens with one attached hydrogen (secondary N) is 1. The molecule has 0 spiro atoms. The number of hydrogen-bond donors (Lipinski definition) is 1. The van der Waals surface area contributed by atoms with Crippen LogP contribution in [-0.2, 0) is 6.54 Å². The lowest BCUT2D eigenvalue weighted by Gasteiger charge is -2.41. The monoisotopic (exact) mass is 337 g/mol. The number of rotatable bonds is 5. The topological polar surface area (TPSA) is 28.2 Å². The van der Waals surface area contributed by atoms with Crippen molar-refractivity contribution in [2.75, 3.05) is 13.1 Å². The summed E-state index contributed by atoms with van der Waals surface area (Å²) >= 11 is 3.53. The van der Waals surface area contributed by atoms with Crippen molar-refractivity contribution in [3.8, 4) is 0 Å². The van der Waals surface area contributed by atoms with Crippen LogP contribution < -0.4 is 5.32 Å². The van der Waals surface area contributed by atoms with Gasteiger partial charge in [-0.15, -0.1) is 0 Å². The smallest absolute Gasteiger partial charge is 0.0410 e. The molecule has 0 bridgehead atoms. The third-order valence-corrected chi connectivity index (χ3v) is 4.92. The van der Waals surface area contributed by atoms with Crippen LogP contribution in [0.3, 0.4) is 0 Å². The Balaban J connectivity index is 1.68. The van der Waals surface area contributed by atoms with Crippen LogP contribution in [0, 0.1) is 5.92 Å². The average Bonchev–Trinajstić information content (AvgIpc) is 3.24. The van der Waals surface area contributed by atoms with Crippen LogP contribution in [0.4, 0.5) is 0 Å². The Morgan fingerprint density at radius 1 is 1.40 bits per heavy atom. The third-order valence-electron chi connectivity index (χ3n) is 4.49. The highest BCUT2D eigenvalue weighted by atomic mass is 79.9. The van der Waals surface area contributed by atoms with E-state index in [-0.39, 0.29) is 0 Å². The molecule has 1 saturated carbocycles. The van der Waals surface area contributed by atoms with Gasteiger partial charge >= 0.3 is 0 Å². The molecular formula is C16H24BrN3. The zero-order chi connectivity index (χ0) is 13.9. The van der Waals surface area contributed by atoms with Gasteiger partial charge in [-0.2, -0.15) is 0 Å². The summed E-state index contributed by atoms with van der Waals surface area (Å²) in [6.45, 7) is 5.66. The number of aromatic nitrogens is 1. The number of piperazine rings is 1. The molecule has 3 nitrogen and oxygen atoms in total. The molecule has 110 valence electrons. The van der Waals surface area contributed by atoms with E-state index in [1.165, 1.54) is 37.8 Å². The van der Waals surface area contributed by atoms with Crippen molar-refractivity contribution in [2.45, 2.75) is 51.2 Å². The summed E-state index contributed by atoms with van der Waals surface area (Å²) in [4.78, 5) is 6.99. The molecule has 1 aromatic heterocycles.